The smallest absolute Gasteiger partial charge is 0.253 e. The lowest BCUT2D eigenvalue weighted by atomic mass is 9.86. The van der Waals surface area contributed by atoms with Gasteiger partial charge >= 0.3 is 0 Å². The Hall–Kier alpha value is -2.13. The van der Waals surface area contributed by atoms with Gasteiger partial charge < -0.3 is 4.90 Å². The molecule has 2 aliphatic rings. The Kier molecular flexibility index (Phi) is 6.66. The van der Waals surface area contributed by atoms with Crippen LogP contribution in [-0.4, -0.2) is 47.9 Å². The van der Waals surface area contributed by atoms with Gasteiger partial charge in [0.25, 0.3) is 5.91 Å². The van der Waals surface area contributed by atoms with Crippen LogP contribution in [-0.2, 0) is 12.8 Å². The molecule has 1 atom stereocenters. The number of benzene rings is 2. The number of amides is 1. The van der Waals surface area contributed by atoms with Crippen molar-refractivity contribution in [2.45, 2.75) is 51.5 Å². The van der Waals surface area contributed by atoms with E-state index in [4.69, 9.17) is 0 Å². The van der Waals surface area contributed by atoms with Crippen molar-refractivity contribution in [2.75, 3.05) is 26.2 Å². The summed E-state index contributed by atoms with van der Waals surface area (Å²) < 4.78 is 0. The minimum atomic E-state index is 0.193. The van der Waals surface area contributed by atoms with E-state index in [2.05, 4.69) is 36.1 Å². The highest BCUT2D eigenvalue weighted by Crippen LogP contribution is 2.27. The molecule has 3 heteroatoms. The highest BCUT2D eigenvalue weighted by Gasteiger charge is 2.28. The van der Waals surface area contributed by atoms with Gasteiger partial charge in [-0.25, -0.2) is 0 Å². The number of fused-ring (bicyclic) bond motifs is 1. The molecule has 1 aliphatic heterocycles. The topological polar surface area (TPSA) is 23.6 Å². The Morgan fingerprint density at radius 1 is 0.966 bits per heavy atom. The molecule has 1 fully saturated rings. The first-order valence-electron chi connectivity index (χ1n) is 11.4. The molecular weight excluding hydrogens is 356 g/mol. The Labute approximate surface area is 175 Å². The third-order valence-corrected chi connectivity index (χ3v) is 6.76. The van der Waals surface area contributed by atoms with Crippen LogP contribution >= 0.6 is 0 Å². The van der Waals surface area contributed by atoms with Gasteiger partial charge in [-0.15, -0.1) is 0 Å². The Morgan fingerprint density at radius 3 is 2.38 bits per heavy atom. The van der Waals surface area contributed by atoms with E-state index in [1.54, 1.807) is 11.1 Å². The lowest BCUT2D eigenvalue weighted by molar-refractivity contribution is 0.0642. The first-order chi connectivity index (χ1) is 14.2. The molecule has 3 nitrogen and oxygen atoms in total. The third kappa shape index (κ3) is 4.90. The molecule has 1 heterocycles. The van der Waals surface area contributed by atoms with Crippen LogP contribution in [0.1, 0.15) is 54.1 Å². The zero-order valence-corrected chi connectivity index (χ0v) is 17.7. The molecule has 0 bridgehead atoms. The Morgan fingerprint density at radius 2 is 1.66 bits per heavy atom. The molecule has 0 spiro atoms. The van der Waals surface area contributed by atoms with Crippen molar-refractivity contribution in [3.63, 3.8) is 0 Å². The van der Waals surface area contributed by atoms with Gasteiger partial charge in [-0.05, 0) is 74.2 Å². The summed E-state index contributed by atoms with van der Waals surface area (Å²) in [5.41, 5.74) is 3.92. The molecule has 1 saturated heterocycles. The number of hydrogen-bond donors (Lipinski definition) is 0. The van der Waals surface area contributed by atoms with Gasteiger partial charge in [0.05, 0.1) is 0 Å². The van der Waals surface area contributed by atoms with Gasteiger partial charge in [-0.3, -0.25) is 9.69 Å². The van der Waals surface area contributed by atoms with Gasteiger partial charge in [0.1, 0.15) is 0 Å². The predicted molar refractivity (Wildman–Crippen MR) is 119 cm³/mol. The second kappa shape index (κ2) is 9.58. The minimum absolute atomic E-state index is 0.193. The number of aryl methyl sites for hydroxylation is 1. The zero-order valence-electron chi connectivity index (χ0n) is 17.7. The summed E-state index contributed by atoms with van der Waals surface area (Å²) in [4.78, 5) is 17.5. The molecule has 1 amide bonds. The molecule has 1 unspecified atom stereocenters. The van der Waals surface area contributed by atoms with Gasteiger partial charge in [-0.2, -0.15) is 0 Å². The van der Waals surface area contributed by atoms with Crippen LogP contribution in [0.3, 0.4) is 0 Å². The summed E-state index contributed by atoms with van der Waals surface area (Å²) in [6.45, 7) is 6.46. The van der Waals surface area contributed by atoms with E-state index in [-0.39, 0.29) is 5.91 Å². The summed E-state index contributed by atoms with van der Waals surface area (Å²) >= 11 is 0. The van der Waals surface area contributed by atoms with Crippen LogP contribution in [0.15, 0.2) is 54.6 Å². The molecule has 0 radical (unpaired) electrons. The maximum absolute atomic E-state index is 12.7. The highest BCUT2D eigenvalue weighted by atomic mass is 16.2. The molecule has 1 aliphatic carbocycles. The van der Waals surface area contributed by atoms with Crippen molar-refractivity contribution in [1.82, 2.24) is 9.80 Å². The number of hydrogen-bond acceptors (Lipinski definition) is 2. The molecule has 0 aromatic heterocycles. The van der Waals surface area contributed by atoms with E-state index in [0.29, 0.717) is 12.0 Å². The molecule has 2 aromatic rings. The quantitative estimate of drug-likeness (QED) is 0.707. The second-order valence-corrected chi connectivity index (χ2v) is 8.76. The van der Waals surface area contributed by atoms with E-state index in [9.17, 15) is 4.79 Å². The summed E-state index contributed by atoms with van der Waals surface area (Å²) in [6, 6.07) is 19.4. The van der Waals surface area contributed by atoms with Gasteiger partial charge in [0.2, 0.25) is 0 Å². The molecular formula is C26H34N2O. The van der Waals surface area contributed by atoms with Crippen LogP contribution in [0.25, 0.3) is 0 Å². The largest absolute Gasteiger partial charge is 0.339 e. The van der Waals surface area contributed by atoms with Crippen molar-refractivity contribution in [2.24, 2.45) is 5.92 Å². The minimum Gasteiger partial charge on any atom is -0.339 e. The predicted octanol–water partition coefficient (Wildman–Crippen LogP) is 4.81. The fourth-order valence-corrected chi connectivity index (χ4v) is 5.11. The molecule has 0 saturated carbocycles. The Balaban J connectivity index is 1.33. The summed E-state index contributed by atoms with van der Waals surface area (Å²) in [6.07, 6.45) is 7.16. The van der Waals surface area contributed by atoms with E-state index < -0.39 is 0 Å². The van der Waals surface area contributed by atoms with Crippen LogP contribution < -0.4 is 0 Å². The average Bonchev–Trinajstić information content (AvgIpc) is 2.79. The van der Waals surface area contributed by atoms with Crippen molar-refractivity contribution in [1.29, 1.82) is 0 Å². The summed E-state index contributed by atoms with van der Waals surface area (Å²) in [5.74, 6) is 0.900. The normalized spacial score (nSPS) is 19.9. The SMILES string of the molecule is CCCN(CC1CCN(C(=O)c2ccccc2)CC1)C1CCc2ccccc2C1. The summed E-state index contributed by atoms with van der Waals surface area (Å²) in [7, 11) is 0. The standard InChI is InChI=1S/C26H34N2O/c1-2-16-28(25-13-12-22-8-6-7-11-24(22)19-25)20-21-14-17-27(18-15-21)26(29)23-9-4-3-5-10-23/h3-11,21,25H,2,12-20H2,1H3. The number of piperidine rings is 1. The number of nitrogens with zero attached hydrogens (tertiary/aromatic N) is 2. The fourth-order valence-electron chi connectivity index (χ4n) is 5.11. The first kappa shape index (κ1) is 20.2. The number of carbonyl (C=O) groups is 1. The van der Waals surface area contributed by atoms with Crippen molar-refractivity contribution in [3.8, 4) is 0 Å². The highest BCUT2D eigenvalue weighted by molar-refractivity contribution is 5.94. The summed E-state index contributed by atoms with van der Waals surface area (Å²) in [5, 5.41) is 0. The van der Waals surface area contributed by atoms with Gasteiger partial charge in [0.15, 0.2) is 0 Å². The maximum Gasteiger partial charge on any atom is 0.253 e. The van der Waals surface area contributed by atoms with Crippen LogP contribution in [0, 0.1) is 5.92 Å². The monoisotopic (exact) mass is 390 g/mol. The fraction of sp³-hybridized carbons (Fsp3) is 0.500. The number of rotatable bonds is 6. The van der Waals surface area contributed by atoms with Crippen LogP contribution in [0.2, 0.25) is 0 Å². The number of carbonyl (C=O) groups excluding carboxylic acids is 1. The lowest BCUT2D eigenvalue weighted by Gasteiger charge is -2.39. The van der Waals surface area contributed by atoms with Crippen molar-refractivity contribution >= 4 is 5.91 Å². The molecule has 29 heavy (non-hydrogen) atoms. The lowest BCUT2D eigenvalue weighted by Crippen LogP contribution is -2.46. The van der Waals surface area contributed by atoms with Crippen molar-refractivity contribution < 1.29 is 4.79 Å². The van der Waals surface area contributed by atoms with E-state index >= 15 is 0 Å². The van der Waals surface area contributed by atoms with Crippen LogP contribution in [0.4, 0.5) is 0 Å². The Bertz CT molecular complexity index is 795. The molecule has 2 aromatic carbocycles. The molecule has 0 N–H and O–H groups in total. The average molecular weight is 391 g/mol. The molecule has 154 valence electrons. The second-order valence-electron chi connectivity index (χ2n) is 8.76. The van der Waals surface area contributed by atoms with Crippen LogP contribution in [0.5, 0.6) is 0 Å². The van der Waals surface area contributed by atoms with Gasteiger partial charge in [0, 0.05) is 31.2 Å². The first-order valence-corrected chi connectivity index (χ1v) is 11.4. The third-order valence-electron chi connectivity index (χ3n) is 6.76. The number of likely N-dealkylation sites (tertiary alicyclic amines) is 1. The van der Waals surface area contributed by atoms with Gasteiger partial charge in [-0.1, -0.05) is 49.4 Å². The van der Waals surface area contributed by atoms with E-state index in [0.717, 1.165) is 31.5 Å². The van der Waals surface area contributed by atoms with E-state index in [1.807, 2.05) is 35.2 Å². The molecule has 4 rings (SSSR count). The van der Waals surface area contributed by atoms with Crippen molar-refractivity contribution in [3.05, 3.63) is 71.3 Å². The van der Waals surface area contributed by atoms with E-state index in [1.165, 1.54) is 38.8 Å². The maximum atomic E-state index is 12.7. The zero-order chi connectivity index (χ0) is 20.1.